The quantitative estimate of drug-likeness (QED) is 0.764. The van der Waals surface area contributed by atoms with Crippen molar-refractivity contribution < 1.29 is 14.7 Å². The molecular weight excluding hydrogens is 258 g/mol. The fourth-order valence-corrected chi connectivity index (χ4v) is 2.58. The summed E-state index contributed by atoms with van der Waals surface area (Å²) in [5, 5.41) is 16.1. The first-order chi connectivity index (χ1) is 9.49. The highest BCUT2D eigenvalue weighted by molar-refractivity contribution is 5.86. The summed E-state index contributed by atoms with van der Waals surface area (Å²) in [5.41, 5.74) is 2.10. The van der Waals surface area contributed by atoms with Crippen molar-refractivity contribution in [3.8, 4) is 0 Å². The summed E-state index contributed by atoms with van der Waals surface area (Å²) in [4.78, 5) is 22.7. The average molecular weight is 279 g/mol. The van der Waals surface area contributed by atoms with Gasteiger partial charge in [-0.15, -0.1) is 0 Å². The number of aliphatic carboxylic acids is 1. The standard InChI is InChI=1S/C14H21N3O3/c1-9-8-10(2)17(16-9)7-3-6-15-13(18)11-4-5-12(11)14(19)20/h8,11-12H,3-7H2,1-2H3,(H,15,18)(H,19,20). The minimum atomic E-state index is -0.862. The zero-order valence-corrected chi connectivity index (χ0v) is 11.9. The maximum absolute atomic E-state index is 11.8. The lowest BCUT2D eigenvalue weighted by Crippen LogP contribution is -2.44. The van der Waals surface area contributed by atoms with Crippen molar-refractivity contribution >= 4 is 11.9 Å². The predicted molar refractivity (Wildman–Crippen MR) is 73.2 cm³/mol. The first-order valence-corrected chi connectivity index (χ1v) is 7.00. The zero-order valence-electron chi connectivity index (χ0n) is 11.9. The number of rotatable bonds is 6. The molecule has 1 aromatic rings. The molecule has 6 nitrogen and oxygen atoms in total. The Morgan fingerprint density at radius 1 is 1.40 bits per heavy atom. The van der Waals surface area contributed by atoms with Gasteiger partial charge in [0.05, 0.1) is 17.5 Å². The van der Waals surface area contributed by atoms with Crippen LogP contribution >= 0.6 is 0 Å². The van der Waals surface area contributed by atoms with E-state index in [0.717, 1.165) is 24.4 Å². The Kier molecular flexibility index (Phi) is 4.42. The van der Waals surface area contributed by atoms with Crippen molar-refractivity contribution in [2.45, 2.75) is 39.7 Å². The van der Waals surface area contributed by atoms with E-state index in [-0.39, 0.29) is 11.8 Å². The number of carbonyl (C=O) groups excluding carboxylic acids is 1. The molecule has 1 heterocycles. The Morgan fingerprint density at radius 3 is 2.60 bits per heavy atom. The van der Waals surface area contributed by atoms with Crippen LogP contribution in [0.4, 0.5) is 0 Å². The maximum atomic E-state index is 11.8. The highest BCUT2D eigenvalue weighted by Gasteiger charge is 2.41. The topological polar surface area (TPSA) is 84.2 Å². The van der Waals surface area contributed by atoms with Crippen molar-refractivity contribution in [1.29, 1.82) is 0 Å². The monoisotopic (exact) mass is 279 g/mol. The third kappa shape index (κ3) is 3.18. The summed E-state index contributed by atoms with van der Waals surface area (Å²) < 4.78 is 1.92. The number of aryl methyl sites for hydroxylation is 3. The lowest BCUT2D eigenvalue weighted by molar-refractivity contribution is -0.152. The van der Waals surface area contributed by atoms with E-state index in [4.69, 9.17) is 5.11 Å². The largest absolute Gasteiger partial charge is 0.481 e. The molecule has 1 amide bonds. The van der Waals surface area contributed by atoms with Gasteiger partial charge in [-0.05, 0) is 39.2 Å². The van der Waals surface area contributed by atoms with E-state index in [1.807, 2.05) is 24.6 Å². The van der Waals surface area contributed by atoms with Gasteiger partial charge in [-0.3, -0.25) is 14.3 Å². The van der Waals surface area contributed by atoms with Gasteiger partial charge in [0, 0.05) is 18.8 Å². The van der Waals surface area contributed by atoms with Crippen molar-refractivity contribution in [1.82, 2.24) is 15.1 Å². The molecule has 2 rings (SSSR count). The molecule has 0 spiro atoms. The van der Waals surface area contributed by atoms with E-state index < -0.39 is 11.9 Å². The smallest absolute Gasteiger partial charge is 0.307 e. The molecule has 2 N–H and O–H groups in total. The molecule has 0 saturated heterocycles. The Balaban J connectivity index is 1.70. The lowest BCUT2D eigenvalue weighted by atomic mass is 9.73. The highest BCUT2D eigenvalue weighted by Crippen LogP contribution is 2.34. The van der Waals surface area contributed by atoms with Gasteiger partial charge >= 0.3 is 5.97 Å². The van der Waals surface area contributed by atoms with Crippen LogP contribution in [0.5, 0.6) is 0 Å². The Labute approximate surface area is 118 Å². The molecule has 0 aliphatic heterocycles. The molecular formula is C14H21N3O3. The summed E-state index contributed by atoms with van der Waals surface area (Å²) in [6.07, 6.45) is 2.08. The molecule has 0 aromatic carbocycles. The van der Waals surface area contributed by atoms with Crippen LogP contribution in [-0.2, 0) is 16.1 Å². The van der Waals surface area contributed by atoms with E-state index in [0.29, 0.717) is 19.4 Å². The average Bonchev–Trinajstić information content (AvgIpc) is 2.61. The van der Waals surface area contributed by atoms with Gasteiger partial charge in [0.1, 0.15) is 0 Å². The van der Waals surface area contributed by atoms with Crippen LogP contribution in [0.2, 0.25) is 0 Å². The normalized spacial score (nSPS) is 21.3. The van der Waals surface area contributed by atoms with Crippen LogP contribution in [-0.4, -0.2) is 33.3 Å². The van der Waals surface area contributed by atoms with Crippen molar-refractivity contribution in [2.75, 3.05) is 6.54 Å². The second kappa shape index (κ2) is 6.07. The zero-order chi connectivity index (χ0) is 14.7. The number of aromatic nitrogens is 2. The van der Waals surface area contributed by atoms with Gasteiger partial charge < -0.3 is 10.4 Å². The number of hydrogen-bond acceptors (Lipinski definition) is 3. The van der Waals surface area contributed by atoms with Crippen molar-refractivity contribution in [3.05, 3.63) is 17.5 Å². The molecule has 1 fully saturated rings. The first-order valence-electron chi connectivity index (χ1n) is 7.00. The van der Waals surface area contributed by atoms with Gasteiger partial charge in [0.25, 0.3) is 0 Å². The molecule has 0 bridgehead atoms. The molecule has 1 aliphatic rings. The van der Waals surface area contributed by atoms with Crippen LogP contribution in [0.3, 0.4) is 0 Å². The van der Waals surface area contributed by atoms with Gasteiger partial charge in [-0.1, -0.05) is 0 Å². The molecule has 110 valence electrons. The summed E-state index contributed by atoms with van der Waals surface area (Å²) >= 11 is 0. The SMILES string of the molecule is Cc1cc(C)n(CCCNC(=O)C2CCC2C(=O)O)n1. The second-order valence-corrected chi connectivity index (χ2v) is 5.42. The number of nitrogens with one attached hydrogen (secondary N) is 1. The first kappa shape index (κ1) is 14.6. The van der Waals surface area contributed by atoms with Crippen molar-refractivity contribution in [2.24, 2.45) is 11.8 Å². The molecule has 1 saturated carbocycles. The van der Waals surface area contributed by atoms with E-state index in [1.54, 1.807) is 0 Å². The van der Waals surface area contributed by atoms with Crippen LogP contribution < -0.4 is 5.32 Å². The third-order valence-electron chi connectivity index (χ3n) is 3.88. The van der Waals surface area contributed by atoms with Crippen LogP contribution in [0, 0.1) is 25.7 Å². The fraction of sp³-hybridized carbons (Fsp3) is 0.643. The Bertz CT molecular complexity index is 510. The molecule has 2 unspecified atom stereocenters. The van der Waals surface area contributed by atoms with Gasteiger partial charge in [0.2, 0.25) is 5.91 Å². The minimum Gasteiger partial charge on any atom is -0.481 e. The number of nitrogens with zero attached hydrogens (tertiary/aromatic N) is 2. The second-order valence-electron chi connectivity index (χ2n) is 5.42. The predicted octanol–water partition coefficient (Wildman–Crippen LogP) is 1.12. The van der Waals surface area contributed by atoms with Gasteiger partial charge in [-0.2, -0.15) is 5.10 Å². The van der Waals surface area contributed by atoms with E-state index >= 15 is 0 Å². The molecule has 2 atom stereocenters. The van der Waals surface area contributed by atoms with Crippen molar-refractivity contribution in [3.63, 3.8) is 0 Å². The number of carboxylic acid groups (broad SMARTS) is 1. The summed E-state index contributed by atoms with van der Waals surface area (Å²) in [6.45, 7) is 5.27. The number of hydrogen-bond donors (Lipinski definition) is 2. The summed E-state index contributed by atoms with van der Waals surface area (Å²) in [7, 11) is 0. The van der Waals surface area contributed by atoms with Crippen LogP contribution in [0.15, 0.2) is 6.07 Å². The third-order valence-corrected chi connectivity index (χ3v) is 3.88. The molecule has 1 aliphatic carbocycles. The lowest BCUT2D eigenvalue weighted by Gasteiger charge is -2.31. The van der Waals surface area contributed by atoms with Gasteiger partial charge in [0.15, 0.2) is 0 Å². The summed E-state index contributed by atoms with van der Waals surface area (Å²) in [6, 6.07) is 2.02. The molecule has 1 aromatic heterocycles. The maximum Gasteiger partial charge on any atom is 0.307 e. The van der Waals surface area contributed by atoms with Crippen LogP contribution in [0.1, 0.15) is 30.7 Å². The Hall–Kier alpha value is -1.85. The molecule has 6 heteroatoms. The van der Waals surface area contributed by atoms with E-state index in [9.17, 15) is 9.59 Å². The number of carboxylic acids is 1. The Morgan fingerprint density at radius 2 is 2.10 bits per heavy atom. The highest BCUT2D eigenvalue weighted by atomic mass is 16.4. The molecule has 0 radical (unpaired) electrons. The van der Waals surface area contributed by atoms with E-state index in [1.165, 1.54) is 0 Å². The van der Waals surface area contributed by atoms with Crippen LogP contribution in [0.25, 0.3) is 0 Å². The fourth-order valence-electron chi connectivity index (χ4n) is 2.58. The van der Waals surface area contributed by atoms with Gasteiger partial charge in [-0.25, -0.2) is 0 Å². The number of carbonyl (C=O) groups is 2. The number of amides is 1. The minimum absolute atomic E-state index is 0.128. The van der Waals surface area contributed by atoms with E-state index in [2.05, 4.69) is 10.4 Å². The summed E-state index contributed by atoms with van der Waals surface area (Å²) in [5.74, 6) is -1.83. The molecule has 20 heavy (non-hydrogen) atoms.